The van der Waals surface area contributed by atoms with E-state index in [1.807, 2.05) is 30.5 Å². The summed E-state index contributed by atoms with van der Waals surface area (Å²) >= 11 is 0. The SMILES string of the molecule is CC(C)(C)c1cc(/C=N/c2ccccc2P)c(N)c(C(C)(C)C)c1. The Morgan fingerprint density at radius 3 is 2.12 bits per heavy atom. The predicted molar refractivity (Wildman–Crippen MR) is 111 cm³/mol. The molecule has 0 saturated carbocycles. The normalized spacial score (nSPS) is 12.8. The van der Waals surface area contributed by atoms with Gasteiger partial charge >= 0.3 is 0 Å². The highest BCUT2D eigenvalue weighted by molar-refractivity contribution is 7.28. The topological polar surface area (TPSA) is 38.4 Å². The number of nitrogen functional groups attached to an aromatic ring is 1. The van der Waals surface area contributed by atoms with Crippen LogP contribution in [0, 0.1) is 0 Å². The van der Waals surface area contributed by atoms with Gasteiger partial charge in [-0.1, -0.05) is 65.8 Å². The van der Waals surface area contributed by atoms with Gasteiger partial charge in [-0.05, 0) is 39.4 Å². The Bertz CT molecular complexity index is 762. The highest BCUT2D eigenvalue weighted by atomic mass is 31.0. The second-order valence-electron chi connectivity index (χ2n) is 8.34. The van der Waals surface area contributed by atoms with E-state index in [0.717, 1.165) is 22.2 Å². The molecule has 2 rings (SSSR count). The zero-order valence-electron chi connectivity index (χ0n) is 15.6. The maximum Gasteiger partial charge on any atom is 0.0701 e. The van der Waals surface area contributed by atoms with Crippen molar-refractivity contribution in [3.05, 3.63) is 53.1 Å². The maximum absolute atomic E-state index is 6.49. The molecule has 0 saturated heterocycles. The lowest BCUT2D eigenvalue weighted by molar-refractivity contribution is 0.570. The van der Waals surface area contributed by atoms with Gasteiger partial charge in [0.15, 0.2) is 0 Å². The number of anilines is 1. The summed E-state index contributed by atoms with van der Waals surface area (Å²) in [5.41, 5.74) is 11.8. The fourth-order valence-electron chi connectivity index (χ4n) is 2.58. The van der Waals surface area contributed by atoms with E-state index in [9.17, 15) is 0 Å². The summed E-state index contributed by atoms with van der Waals surface area (Å²) in [6, 6.07) is 12.5. The predicted octanol–water partition coefficient (Wildman–Crippen LogP) is 5.11. The van der Waals surface area contributed by atoms with Crippen LogP contribution in [0.5, 0.6) is 0 Å². The maximum atomic E-state index is 6.49. The second kappa shape index (κ2) is 6.69. The Morgan fingerprint density at radius 1 is 0.958 bits per heavy atom. The van der Waals surface area contributed by atoms with Crippen molar-refractivity contribution in [2.45, 2.75) is 52.4 Å². The number of para-hydroxylation sites is 1. The lowest BCUT2D eigenvalue weighted by Crippen LogP contribution is -2.19. The molecule has 0 aromatic heterocycles. The van der Waals surface area contributed by atoms with Gasteiger partial charge in [0.05, 0.1) is 5.69 Å². The molecule has 0 amide bonds. The molecule has 0 aliphatic rings. The Balaban J connectivity index is 2.59. The average Bonchev–Trinajstić information content (AvgIpc) is 2.45. The Morgan fingerprint density at radius 2 is 1.58 bits per heavy atom. The minimum absolute atomic E-state index is 0.00749. The van der Waals surface area contributed by atoms with Crippen LogP contribution in [0.1, 0.15) is 58.2 Å². The first-order valence-electron chi connectivity index (χ1n) is 8.33. The van der Waals surface area contributed by atoms with Gasteiger partial charge in [0, 0.05) is 17.5 Å². The van der Waals surface area contributed by atoms with E-state index in [1.165, 1.54) is 11.1 Å². The third-order valence-electron chi connectivity index (χ3n) is 4.17. The van der Waals surface area contributed by atoms with Crippen molar-refractivity contribution in [2.75, 3.05) is 5.73 Å². The average molecular weight is 340 g/mol. The van der Waals surface area contributed by atoms with E-state index >= 15 is 0 Å². The molecule has 1 unspecified atom stereocenters. The third-order valence-corrected chi connectivity index (χ3v) is 4.65. The summed E-state index contributed by atoms with van der Waals surface area (Å²) in [4.78, 5) is 4.66. The second-order valence-corrected chi connectivity index (χ2v) is 8.97. The van der Waals surface area contributed by atoms with E-state index in [2.05, 4.69) is 67.9 Å². The van der Waals surface area contributed by atoms with Crippen LogP contribution in [0.3, 0.4) is 0 Å². The molecule has 0 heterocycles. The van der Waals surface area contributed by atoms with Crippen molar-refractivity contribution < 1.29 is 0 Å². The highest BCUT2D eigenvalue weighted by Crippen LogP contribution is 2.35. The molecule has 24 heavy (non-hydrogen) atoms. The zero-order chi connectivity index (χ0) is 18.1. The van der Waals surface area contributed by atoms with Gasteiger partial charge in [0.2, 0.25) is 0 Å². The number of nitrogens with two attached hydrogens (primary N) is 1. The number of hydrogen-bond donors (Lipinski definition) is 1. The largest absolute Gasteiger partial charge is 0.398 e. The fourth-order valence-corrected chi connectivity index (χ4v) is 2.86. The van der Waals surface area contributed by atoms with Gasteiger partial charge in [-0.3, -0.25) is 4.99 Å². The number of nitrogens with zero attached hydrogens (tertiary/aromatic N) is 1. The Labute approximate surface area is 148 Å². The van der Waals surface area contributed by atoms with Gasteiger partial charge < -0.3 is 5.73 Å². The van der Waals surface area contributed by atoms with E-state index in [1.54, 1.807) is 0 Å². The van der Waals surface area contributed by atoms with E-state index in [-0.39, 0.29) is 10.8 Å². The highest BCUT2D eigenvalue weighted by Gasteiger charge is 2.23. The molecule has 0 aliphatic carbocycles. The molecule has 0 bridgehead atoms. The summed E-state index contributed by atoms with van der Waals surface area (Å²) in [5, 5.41) is 1.08. The molecular weight excluding hydrogens is 311 g/mol. The van der Waals surface area contributed by atoms with Crippen LogP contribution in [-0.4, -0.2) is 6.21 Å². The van der Waals surface area contributed by atoms with E-state index < -0.39 is 0 Å². The molecule has 2 N–H and O–H groups in total. The van der Waals surface area contributed by atoms with Crippen molar-refractivity contribution in [2.24, 2.45) is 4.99 Å². The minimum Gasteiger partial charge on any atom is -0.398 e. The van der Waals surface area contributed by atoms with Crippen LogP contribution in [-0.2, 0) is 10.8 Å². The Kier molecular flexibility index (Phi) is 5.20. The quantitative estimate of drug-likeness (QED) is 0.460. The summed E-state index contributed by atoms with van der Waals surface area (Å²) < 4.78 is 0. The van der Waals surface area contributed by atoms with Crippen LogP contribution >= 0.6 is 9.24 Å². The fraction of sp³-hybridized carbons (Fsp3) is 0.381. The summed E-state index contributed by atoms with van der Waals surface area (Å²) in [6.45, 7) is 13.3. The zero-order valence-corrected chi connectivity index (χ0v) is 16.8. The first-order valence-corrected chi connectivity index (χ1v) is 8.91. The first-order chi connectivity index (χ1) is 11.0. The molecule has 2 aromatic rings. The third kappa shape index (κ3) is 4.24. The van der Waals surface area contributed by atoms with Gasteiger partial charge in [0.1, 0.15) is 0 Å². The molecule has 2 aromatic carbocycles. The molecule has 2 nitrogen and oxygen atoms in total. The van der Waals surface area contributed by atoms with Crippen LogP contribution in [0.4, 0.5) is 11.4 Å². The molecule has 128 valence electrons. The molecule has 0 spiro atoms. The van der Waals surface area contributed by atoms with Gasteiger partial charge in [-0.15, -0.1) is 9.24 Å². The Hall–Kier alpha value is -1.66. The van der Waals surface area contributed by atoms with Crippen LogP contribution < -0.4 is 11.0 Å². The van der Waals surface area contributed by atoms with Crippen LogP contribution in [0.15, 0.2) is 41.4 Å². The minimum atomic E-state index is -0.00749. The molecule has 0 radical (unpaired) electrons. The van der Waals surface area contributed by atoms with Crippen molar-refractivity contribution in [1.82, 2.24) is 0 Å². The van der Waals surface area contributed by atoms with Crippen molar-refractivity contribution >= 4 is 32.1 Å². The summed E-state index contributed by atoms with van der Waals surface area (Å²) in [5.74, 6) is 0. The molecule has 1 atom stereocenters. The van der Waals surface area contributed by atoms with Crippen LogP contribution in [0.2, 0.25) is 0 Å². The standard InChI is InChI=1S/C21H29N2P/c1-20(2,3)15-11-14(19(22)16(12-15)21(4,5)6)13-23-17-9-7-8-10-18(17)24/h7-13H,22,24H2,1-6H3/b23-13+. The van der Waals surface area contributed by atoms with E-state index in [0.29, 0.717) is 0 Å². The van der Waals surface area contributed by atoms with Crippen molar-refractivity contribution in [1.29, 1.82) is 0 Å². The smallest absolute Gasteiger partial charge is 0.0701 e. The number of rotatable bonds is 2. The first kappa shape index (κ1) is 18.7. The van der Waals surface area contributed by atoms with Gasteiger partial charge in [-0.25, -0.2) is 0 Å². The number of aliphatic imine (C=N–C) groups is 1. The number of benzene rings is 2. The van der Waals surface area contributed by atoms with Gasteiger partial charge in [-0.2, -0.15) is 0 Å². The lowest BCUT2D eigenvalue weighted by atomic mass is 9.78. The molecule has 3 heteroatoms. The van der Waals surface area contributed by atoms with E-state index in [4.69, 9.17) is 5.73 Å². The van der Waals surface area contributed by atoms with Gasteiger partial charge in [0.25, 0.3) is 0 Å². The monoisotopic (exact) mass is 340 g/mol. The lowest BCUT2D eigenvalue weighted by Gasteiger charge is -2.27. The molecule has 0 aliphatic heterocycles. The number of hydrogen-bond acceptors (Lipinski definition) is 2. The molecular formula is C21H29N2P. The summed E-state index contributed by atoms with van der Waals surface area (Å²) in [6.07, 6.45) is 1.89. The van der Waals surface area contributed by atoms with Crippen molar-refractivity contribution in [3.8, 4) is 0 Å². The van der Waals surface area contributed by atoms with Crippen molar-refractivity contribution in [3.63, 3.8) is 0 Å². The summed E-state index contributed by atoms with van der Waals surface area (Å²) in [7, 11) is 2.72. The van der Waals surface area contributed by atoms with Crippen LogP contribution in [0.25, 0.3) is 0 Å². The molecule has 0 fully saturated rings.